The minimum Gasteiger partial charge on any atom is -0.496 e. The largest absolute Gasteiger partial charge is 0.496 e. The number of aryl methyl sites for hydroxylation is 2. The molecule has 1 aliphatic rings. The van der Waals surface area contributed by atoms with Crippen molar-refractivity contribution in [3.8, 4) is 5.75 Å². The number of carbonyl (C=O) groups is 1. The predicted molar refractivity (Wildman–Crippen MR) is 64.1 cm³/mol. The molecule has 0 bridgehead atoms. The van der Waals surface area contributed by atoms with Crippen molar-refractivity contribution in [2.45, 2.75) is 27.2 Å². The van der Waals surface area contributed by atoms with Crippen LogP contribution in [0.3, 0.4) is 0 Å². The lowest BCUT2D eigenvalue weighted by Crippen LogP contribution is -2.04. The number of carbonyl (C=O) groups excluding carboxylic acids is 1. The van der Waals surface area contributed by atoms with Gasteiger partial charge in [0, 0.05) is 11.5 Å². The Labute approximate surface area is 96.6 Å². The van der Waals surface area contributed by atoms with Gasteiger partial charge in [-0.2, -0.15) is 0 Å². The van der Waals surface area contributed by atoms with Gasteiger partial charge in [-0.15, -0.1) is 0 Å². The van der Waals surface area contributed by atoms with E-state index < -0.39 is 0 Å². The standard InChI is InChI=1S/C14H18O2/c1-8-7-12(8)13(15)11-5-9(2)14(16-4)10(3)6-11/h5-6,8,12H,7H2,1-4H3. The Morgan fingerprint density at radius 2 is 1.81 bits per heavy atom. The van der Waals surface area contributed by atoms with Gasteiger partial charge in [0.25, 0.3) is 0 Å². The molecule has 0 radical (unpaired) electrons. The van der Waals surface area contributed by atoms with Crippen molar-refractivity contribution in [2.75, 3.05) is 7.11 Å². The van der Waals surface area contributed by atoms with Crippen molar-refractivity contribution in [1.82, 2.24) is 0 Å². The quantitative estimate of drug-likeness (QED) is 0.728. The summed E-state index contributed by atoms with van der Waals surface area (Å²) in [5.74, 6) is 2.00. The third-order valence-corrected chi connectivity index (χ3v) is 3.40. The first-order chi connectivity index (χ1) is 7.54. The van der Waals surface area contributed by atoms with Gasteiger partial charge in [0.15, 0.2) is 5.78 Å². The molecule has 2 nitrogen and oxygen atoms in total. The molecular weight excluding hydrogens is 200 g/mol. The molecule has 86 valence electrons. The second-order valence-electron chi connectivity index (χ2n) is 4.83. The molecule has 0 aliphatic heterocycles. The van der Waals surface area contributed by atoms with Crippen LogP contribution in [0.1, 0.15) is 34.8 Å². The molecule has 0 aromatic heterocycles. The lowest BCUT2D eigenvalue weighted by Gasteiger charge is -2.10. The van der Waals surface area contributed by atoms with E-state index in [0.717, 1.165) is 28.9 Å². The summed E-state index contributed by atoms with van der Waals surface area (Å²) < 4.78 is 5.30. The van der Waals surface area contributed by atoms with Crippen molar-refractivity contribution in [3.63, 3.8) is 0 Å². The van der Waals surface area contributed by atoms with E-state index in [1.54, 1.807) is 7.11 Å². The predicted octanol–water partition coefficient (Wildman–Crippen LogP) is 3.15. The molecule has 2 atom stereocenters. The van der Waals surface area contributed by atoms with Crippen LogP contribution in [0.25, 0.3) is 0 Å². The number of hydrogen-bond acceptors (Lipinski definition) is 2. The minimum atomic E-state index is 0.257. The second kappa shape index (κ2) is 3.93. The van der Waals surface area contributed by atoms with Crippen molar-refractivity contribution in [3.05, 3.63) is 28.8 Å². The summed E-state index contributed by atoms with van der Waals surface area (Å²) in [7, 11) is 1.67. The average molecular weight is 218 g/mol. The Hall–Kier alpha value is -1.31. The van der Waals surface area contributed by atoms with Crippen LogP contribution in [0.4, 0.5) is 0 Å². The zero-order chi connectivity index (χ0) is 11.9. The molecule has 1 aliphatic carbocycles. The fourth-order valence-corrected chi connectivity index (χ4v) is 2.32. The zero-order valence-electron chi connectivity index (χ0n) is 10.3. The van der Waals surface area contributed by atoms with Gasteiger partial charge in [0.05, 0.1) is 7.11 Å². The monoisotopic (exact) mass is 218 g/mol. The SMILES string of the molecule is COc1c(C)cc(C(=O)C2CC2C)cc1C. The Morgan fingerprint density at radius 1 is 1.31 bits per heavy atom. The molecule has 1 aromatic rings. The molecule has 2 unspecified atom stereocenters. The molecular formula is C14H18O2. The van der Waals surface area contributed by atoms with Gasteiger partial charge in [-0.05, 0) is 49.4 Å². The average Bonchev–Trinajstić information content (AvgIpc) is 2.94. The lowest BCUT2D eigenvalue weighted by molar-refractivity contribution is 0.0962. The normalized spacial score (nSPS) is 23.0. The molecule has 0 amide bonds. The van der Waals surface area contributed by atoms with Gasteiger partial charge in [-0.1, -0.05) is 6.92 Å². The number of hydrogen-bond donors (Lipinski definition) is 0. The maximum absolute atomic E-state index is 12.1. The number of ether oxygens (including phenoxy) is 1. The van der Waals surface area contributed by atoms with Crippen molar-refractivity contribution < 1.29 is 9.53 Å². The maximum atomic E-state index is 12.1. The van der Waals surface area contributed by atoms with E-state index in [-0.39, 0.29) is 5.92 Å². The highest BCUT2D eigenvalue weighted by atomic mass is 16.5. The van der Waals surface area contributed by atoms with Gasteiger partial charge in [-0.25, -0.2) is 0 Å². The van der Waals surface area contributed by atoms with Crippen LogP contribution in [-0.2, 0) is 0 Å². The molecule has 1 saturated carbocycles. The van der Waals surface area contributed by atoms with Crippen LogP contribution in [-0.4, -0.2) is 12.9 Å². The summed E-state index contributed by atoms with van der Waals surface area (Å²) in [4.78, 5) is 12.1. The molecule has 0 spiro atoms. The fourth-order valence-electron chi connectivity index (χ4n) is 2.32. The molecule has 0 heterocycles. The van der Waals surface area contributed by atoms with Gasteiger partial charge < -0.3 is 4.74 Å². The maximum Gasteiger partial charge on any atom is 0.166 e. The highest BCUT2D eigenvalue weighted by molar-refractivity contribution is 6.00. The summed E-state index contributed by atoms with van der Waals surface area (Å²) in [6, 6.07) is 3.89. The highest BCUT2D eigenvalue weighted by Crippen LogP contribution is 2.40. The topological polar surface area (TPSA) is 26.3 Å². The second-order valence-corrected chi connectivity index (χ2v) is 4.83. The van der Waals surface area contributed by atoms with Gasteiger partial charge in [0.1, 0.15) is 5.75 Å². The number of methoxy groups -OCH3 is 1. The number of Topliss-reactive ketones (excluding diaryl/α,β-unsaturated/α-hetero) is 1. The van der Waals surface area contributed by atoms with Crippen LogP contribution in [0, 0.1) is 25.7 Å². The van der Waals surface area contributed by atoms with Crippen LogP contribution < -0.4 is 4.74 Å². The summed E-state index contributed by atoms with van der Waals surface area (Å²) in [6.45, 7) is 6.10. The first-order valence-electron chi connectivity index (χ1n) is 5.74. The first-order valence-corrected chi connectivity index (χ1v) is 5.74. The molecule has 16 heavy (non-hydrogen) atoms. The van der Waals surface area contributed by atoms with Gasteiger partial charge >= 0.3 is 0 Å². The van der Waals surface area contributed by atoms with E-state index in [1.807, 2.05) is 26.0 Å². The molecule has 0 N–H and O–H groups in total. The van der Waals surface area contributed by atoms with Crippen LogP contribution in [0.15, 0.2) is 12.1 Å². The van der Waals surface area contributed by atoms with Crippen molar-refractivity contribution >= 4 is 5.78 Å². The Kier molecular flexibility index (Phi) is 2.75. The Bertz CT molecular complexity index is 411. The molecule has 2 rings (SSSR count). The van der Waals surface area contributed by atoms with Crippen molar-refractivity contribution in [2.24, 2.45) is 11.8 Å². The van der Waals surface area contributed by atoms with E-state index in [4.69, 9.17) is 4.74 Å². The smallest absolute Gasteiger partial charge is 0.166 e. The Morgan fingerprint density at radius 3 is 2.19 bits per heavy atom. The van der Waals surface area contributed by atoms with E-state index in [1.165, 1.54) is 0 Å². The molecule has 1 fully saturated rings. The molecule has 1 aromatic carbocycles. The summed E-state index contributed by atoms with van der Waals surface area (Å²) in [5.41, 5.74) is 2.92. The van der Waals surface area contributed by atoms with Crippen LogP contribution in [0.2, 0.25) is 0 Å². The van der Waals surface area contributed by atoms with E-state index in [2.05, 4.69) is 6.92 Å². The van der Waals surface area contributed by atoms with Gasteiger partial charge in [-0.3, -0.25) is 4.79 Å². The summed E-state index contributed by atoms with van der Waals surface area (Å²) in [6.07, 6.45) is 1.04. The fraction of sp³-hybridized carbons (Fsp3) is 0.500. The molecule has 2 heteroatoms. The number of rotatable bonds is 3. The van der Waals surface area contributed by atoms with E-state index >= 15 is 0 Å². The van der Waals surface area contributed by atoms with Gasteiger partial charge in [0.2, 0.25) is 0 Å². The first kappa shape index (κ1) is 11.2. The highest BCUT2D eigenvalue weighted by Gasteiger charge is 2.39. The van der Waals surface area contributed by atoms with Crippen LogP contribution in [0.5, 0.6) is 5.75 Å². The molecule has 0 saturated heterocycles. The van der Waals surface area contributed by atoms with E-state index in [0.29, 0.717) is 11.7 Å². The summed E-state index contributed by atoms with van der Waals surface area (Å²) in [5, 5.41) is 0. The number of ketones is 1. The van der Waals surface area contributed by atoms with E-state index in [9.17, 15) is 4.79 Å². The van der Waals surface area contributed by atoms with Crippen LogP contribution >= 0.6 is 0 Å². The van der Waals surface area contributed by atoms with Crippen molar-refractivity contribution in [1.29, 1.82) is 0 Å². The summed E-state index contributed by atoms with van der Waals surface area (Å²) >= 11 is 0. The zero-order valence-corrected chi connectivity index (χ0v) is 10.3. The number of benzene rings is 1. The third-order valence-electron chi connectivity index (χ3n) is 3.40. The Balaban J connectivity index is 2.33. The minimum absolute atomic E-state index is 0.257. The lowest BCUT2D eigenvalue weighted by atomic mass is 10.00. The third kappa shape index (κ3) is 1.84.